The molecule has 0 atom stereocenters. The van der Waals surface area contributed by atoms with Gasteiger partial charge in [-0.05, 0) is 26.0 Å². The van der Waals surface area contributed by atoms with E-state index >= 15 is 0 Å². The number of amides is 4. The van der Waals surface area contributed by atoms with Crippen molar-refractivity contribution in [1.29, 1.82) is 0 Å². The lowest BCUT2D eigenvalue weighted by Gasteiger charge is -2.31. The van der Waals surface area contributed by atoms with Gasteiger partial charge < -0.3 is 10.4 Å². The molecular weight excluding hydrogens is 302 g/mol. The molecule has 0 radical (unpaired) electrons. The van der Waals surface area contributed by atoms with E-state index in [9.17, 15) is 19.2 Å². The van der Waals surface area contributed by atoms with Crippen LogP contribution < -0.4 is 10.6 Å². The third kappa shape index (κ3) is 4.80. The van der Waals surface area contributed by atoms with Gasteiger partial charge in [0, 0.05) is 12.7 Å². The second kappa shape index (κ2) is 7.39. The third-order valence-electron chi connectivity index (χ3n) is 3.15. The number of rotatable bonds is 3. The number of carboxylic acid groups (broad SMARTS) is 1. The molecule has 1 saturated heterocycles. The Morgan fingerprint density at radius 3 is 2.30 bits per heavy atom. The summed E-state index contributed by atoms with van der Waals surface area (Å²) in [4.78, 5) is 44.3. The molecule has 3 N–H and O–H groups in total. The number of urea groups is 1. The number of imide groups is 2. The van der Waals surface area contributed by atoms with Gasteiger partial charge in [0.15, 0.2) is 0 Å². The average molecular weight is 321 g/mol. The lowest BCUT2D eigenvalue weighted by atomic mass is 9.89. The first-order chi connectivity index (χ1) is 10.7. The number of barbiturate groups is 1. The molecule has 4 amide bonds. The largest absolute Gasteiger partial charge is 0.480 e. The fourth-order valence-electron chi connectivity index (χ4n) is 1.68. The smallest absolute Gasteiger partial charge is 0.330 e. The second-order valence-corrected chi connectivity index (χ2v) is 5.36. The predicted octanol–water partition coefficient (Wildman–Crippen LogP) is 0.904. The summed E-state index contributed by atoms with van der Waals surface area (Å²) >= 11 is 0. The molecule has 0 spiro atoms. The van der Waals surface area contributed by atoms with Crippen molar-refractivity contribution >= 4 is 29.5 Å². The van der Waals surface area contributed by atoms with Crippen LogP contribution in [-0.2, 0) is 14.4 Å². The number of anilines is 1. The van der Waals surface area contributed by atoms with E-state index in [2.05, 4.69) is 10.6 Å². The van der Waals surface area contributed by atoms with E-state index in [1.807, 2.05) is 30.3 Å². The topological polar surface area (TPSA) is 116 Å². The SMILES string of the molecule is CN1C(=O)NC(=O)C(C)(C)C1=O.O=C(O)CNc1ccccc1. The molecule has 8 nitrogen and oxygen atoms in total. The number of para-hydroxylation sites is 1. The van der Waals surface area contributed by atoms with Crippen LogP contribution in [0.5, 0.6) is 0 Å². The fourth-order valence-corrected chi connectivity index (χ4v) is 1.68. The van der Waals surface area contributed by atoms with Gasteiger partial charge in [0.1, 0.15) is 12.0 Å². The minimum absolute atomic E-state index is 0.0377. The van der Waals surface area contributed by atoms with Gasteiger partial charge in [-0.3, -0.25) is 24.6 Å². The molecule has 2 rings (SSSR count). The highest BCUT2D eigenvalue weighted by atomic mass is 16.4. The first kappa shape index (κ1) is 18.1. The van der Waals surface area contributed by atoms with Gasteiger partial charge in [-0.2, -0.15) is 0 Å². The van der Waals surface area contributed by atoms with Crippen LogP contribution in [0.3, 0.4) is 0 Å². The fraction of sp³-hybridized carbons (Fsp3) is 0.333. The molecule has 0 bridgehead atoms. The zero-order chi connectivity index (χ0) is 17.6. The number of aliphatic carboxylic acids is 1. The summed E-state index contributed by atoms with van der Waals surface area (Å²) < 4.78 is 0. The number of carbonyl (C=O) groups excluding carboxylic acids is 3. The Labute approximate surface area is 133 Å². The van der Waals surface area contributed by atoms with Crippen molar-refractivity contribution in [2.75, 3.05) is 18.9 Å². The summed E-state index contributed by atoms with van der Waals surface area (Å²) in [5.74, 6) is -1.87. The van der Waals surface area contributed by atoms with Crippen molar-refractivity contribution in [3.63, 3.8) is 0 Å². The Morgan fingerprint density at radius 1 is 1.22 bits per heavy atom. The summed E-state index contributed by atoms with van der Waals surface area (Å²) in [6, 6.07) is 8.57. The minimum atomic E-state index is -1.14. The van der Waals surface area contributed by atoms with Crippen LogP contribution in [0, 0.1) is 5.41 Å². The summed E-state index contributed by atoms with van der Waals surface area (Å²) in [7, 11) is 1.34. The number of carboxylic acids is 1. The molecule has 1 fully saturated rings. The maximum absolute atomic E-state index is 11.3. The average Bonchev–Trinajstić information content (AvgIpc) is 2.51. The molecule has 8 heteroatoms. The monoisotopic (exact) mass is 321 g/mol. The Morgan fingerprint density at radius 2 is 1.78 bits per heavy atom. The molecule has 0 saturated carbocycles. The van der Waals surface area contributed by atoms with Gasteiger partial charge in [-0.1, -0.05) is 18.2 Å². The van der Waals surface area contributed by atoms with Crippen LogP contribution >= 0.6 is 0 Å². The van der Waals surface area contributed by atoms with Gasteiger partial charge in [0.25, 0.3) is 0 Å². The molecule has 1 aliphatic heterocycles. The van der Waals surface area contributed by atoms with Crippen LogP contribution in [0.1, 0.15) is 13.8 Å². The Kier molecular flexibility index (Phi) is 5.83. The minimum Gasteiger partial charge on any atom is -0.480 e. The summed E-state index contributed by atoms with van der Waals surface area (Å²) in [5.41, 5.74) is -0.308. The molecule has 1 aromatic rings. The van der Waals surface area contributed by atoms with Crippen LogP contribution in [0.15, 0.2) is 30.3 Å². The molecule has 0 aromatic heterocycles. The van der Waals surface area contributed by atoms with E-state index in [-0.39, 0.29) is 6.54 Å². The first-order valence-corrected chi connectivity index (χ1v) is 6.80. The van der Waals surface area contributed by atoms with Gasteiger partial charge in [-0.25, -0.2) is 4.79 Å². The number of carbonyl (C=O) groups is 4. The molecule has 0 unspecified atom stereocenters. The quantitative estimate of drug-likeness (QED) is 0.712. The number of nitrogens with one attached hydrogen (secondary N) is 2. The maximum Gasteiger partial charge on any atom is 0.330 e. The van der Waals surface area contributed by atoms with Crippen LogP contribution in [0.4, 0.5) is 10.5 Å². The molecule has 1 heterocycles. The van der Waals surface area contributed by atoms with E-state index in [1.54, 1.807) is 0 Å². The van der Waals surface area contributed by atoms with Crippen molar-refractivity contribution < 1.29 is 24.3 Å². The van der Waals surface area contributed by atoms with Gasteiger partial charge in [0.2, 0.25) is 11.8 Å². The van der Waals surface area contributed by atoms with E-state index in [0.29, 0.717) is 0 Å². The Balaban J connectivity index is 0.000000231. The summed E-state index contributed by atoms with van der Waals surface area (Å²) in [5, 5.41) is 13.1. The van der Waals surface area contributed by atoms with Crippen molar-refractivity contribution in [3.8, 4) is 0 Å². The lowest BCUT2D eigenvalue weighted by molar-refractivity contribution is -0.148. The standard InChI is InChI=1S/C8H9NO2.C7H10N2O3/c10-8(11)6-9-7-4-2-1-3-5-7;1-7(2)4(10)8-6(12)9(3)5(7)11/h1-5,9H,6H2,(H,10,11);1-3H3,(H,8,10,12). The van der Waals surface area contributed by atoms with Crippen molar-refractivity contribution in [2.24, 2.45) is 5.41 Å². The van der Waals surface area contributed by atoms with E-state index < -0.39 is 29.2 Å². The Bertz CT molecular complexity index is 613. The number of nitrogens with zero attached hydrogens (tertiary/aromatic N) is 1. The summed E-state index contributed by atoms with van der Waals surface area (Å²) in [6.45, 7) is 2.92. The number of hydrogen-bond acceptors (Lipinski definition) is 5. The van der Waals surface area contributed by atoms with Crippen LogP contribution in [0.2, 0.25) is 0 Å². The summed E-state index contributed by atoms with van der Waals surface area (Å²) in [6.07, 6.45) is 0. The van der Waals surface area contributed by atoms with Crippen molar-refractivity contribution in [3.05, 3.63) is 30.3 Å². The van der Waals surface area contributed by atoms with Gasteiger partial charge in [-0.15, -0.1) is 0 Å². The highest BCUT2D eigenvalue weighted by Crippen LogP contribution is 2.21. The van der Waals surface area contributed by atoms with Crippen molar-refractivity contribution in [1.82, 2.24) is 10.2 Å². The molecular formula is C15H19N3O5. The Hall–Kier alpha value is -2.90. The maximum atomic E-state index is 11.3. The van der Waals surface area contributed by atoms with E-state index in [0.717, 1.165) is 10.6 Å². The third-order valence-corrected chi connectivity index (χ3v) is 3.15. The normalized spacial score (nSPS) is 16.1. The molecule has 124 valence electrons. The molecule has 23 heavy (non-hydrogen) atoms. The molecule has 1 aromatic carbocycles. The zero-order valence-corrected chi connectivity index (χ0v) is 13.1. The highest BCUT2D eigenvalue weighted by molar-refractivity contribution is 6.18. The van der Waals surface area contributed by atoms with Crippen molar-refractivity contribution in [2.45, 2.75) is 13.8 Å². The van der Waals surface area contributed by atoms with Gasteiger partial charge in [0.05, 0.1) is 0 Å². The molecule has 1 aliphatic rings. The number of benzene rings is 1. The molecule has 0 aliphatic carbocycles. The first-order valence-electron chi connectivity index (χ1n) is 6.80. The zero-order valence-electron chi connectivity index (χ0n) is 13.1. The van der Waals surface area contributed by atoms with Gasteiger partial charge >= 0.3 is 12.0 Å². The second-order valence-electron chi connectivity index (χ2n) is 5.36. The van der Waals surface area contributed by atoms with E-state index in [4.69, 9.17) is 5.11 Å². The predicted molar refractivity (Wildman–Crippen MR) is 82.7 cm³/mol. The lowest BCUT2D eigenvalue weighted by Crippen LogP contribution is -2.60. The van der Waals surface area contributed by atoms with Crippen LogP contribution in [0.25, 0.3) is 0 Å². The highest BCUT2D eigenvalue weighted by Gasteiger charge is 2.45. The number of hydrogen-bond donors (Lipinski definition) is 3. The van der Waals surface area contributed by atoms with Crippen LogP contribution in [-0.4, -0.2) is 47.4 Å². The van der Waals surface area contributed by atoms with E-state index in [1.165, 1.54) is 20.9 Å².